The van der Waals surface area contributed by atoms with Gasteiger partial charge in [0.1, 0.15) is 0 Å². The van der Waals surface area contributed by atoms with Crippen LogP contribution in [0.1, 0.15) is 27.7 Å². The Morgan fingerprint density at radius 3 is 2.61 bits per heavy atom. The molecule has 0 atom stereocenters. The Morgan fingerprint density at radius 1 is 1.09 bits per heavy atom. The summed E-state index contributed by atoms with van der Waals surface area (Å²) < 4.78 is 6.61. The number of rotatable bonds is 6. The second-order valence-electron chi connectivity index (χ2n) is 5.24. The molecule has 0 unspecified atom stereocenters. The number of carbonyl (C=O) groups is 1. The summed E-state index contributed by atoms with van der Waals surface area (Å²) >= 11 is 1.52. The van der Waals surface area contributed by atoms with Gasteiger partial charge in [-0.2, -0.15) is 0 Å². The first-order valence-corrected chi connectivity index (χ1v) is 8.51. The molecule has 118 valence electrons. The molecule has 0 aliphatic rings. The Labute approximate surface area is 139 Å². The van der Waals surface area contributed by atoms with Gasteiger partial charge in [-0.3, -0.25) is 4.79 Å². The lowest BCUT2D eigenvalue weighted by Gasteiger charge is -2.10. The van der Waals surface area contributed by atoms with E-state index < -0.39 is 0 Å². The number of carbonyl (C=O) groups excluding carboxylic acids is 1. The van der Waals surface area contributed by atoms with Gasteiger partial charge in [-0.05, 0) is 35.6 Å². The smallest absolute Gasteiger partial charge is 0.261 e. The number of ether oxygens (including phenoxy) is 1. The average Bonchev–Trinajstić information content (AvgIpc) is 3.02. The number of fused-ring (bicyclic) bond motifs is 1. The summed E-state index contributed by atoms with van der Waals surface area (Å²) in [5.74, 6) is -0.0302. The topological polar surface area (TPSA) is 38.3 Å². The minimum absolute atomic E-state index is 0.0302. The van der Waals surface area contributed by atoms with Crippen molar-refractivity contribution in [1.82, 2.24) is 5.32 Å². The van der Waals surface area contributed by atoms with Crippen molar-refractivity contribution in [1.29, 1.82) is 0 Å². The third-order valence-electron chi connectivity index (χ3n) is 3.67. The van der Waals surface area contributed by atoms with E-state index in [1.807, 2.05) is 61.5 Å². The van der Waals surface area contributed by atoms with E-state index in [2.05, 4.69) is 5.32 Å². The molecule has 23 heavy (non-hydrogen) atoms. The molecule has 1 heterocycles. The van der Waals surface area contributed by atoms with Crippen LogP contribution in [0.3, 0.4) is 0 Å². The van der Waals surface area contributed by atoms with Crippen LogP contribution in [0.2, 0.25) is 0 Å². The molecule has 0 fully saturated rings. The van der Waals surface area contributed by atoms with Gasteiger partial charge in [-0.25, -0.2) is 0 Å². The summed E-state index contributed by atoms with van der Waals surface area (Å²) in [5, 5.41) is 4.12. The number of nitrogens with one attached hydrogen (secondary N) is 1. The maximum absolute atomic E-state index is 12.4. The molecule has 0 radical (unpaired) electrons. The molecule has 3 rings (SSSR count). The monoisotopic (exact) mass is 325 g/mol. The Balaban J connectivity index is 1.69. The zero-order valence-electron chi connectivity index (χ0n) is 13.0. The quantitative estimate of drug-likeness (QED) is 0.731. The van der Waals surface area contributed by atoms with Gasteiger partial charge in [0.05, 0.1) is 11.5 Å². The van der Waals surface area contributed by atoms with Crippen LogP contribution in [-0.4, -0.2) is 12.5 Å². The molecule has 2 aromatic carbocycles. The van der Waals surface area contributed by atoms with Crippen molar-refractivity contribution in [3.8, 4) is 0 Å². The van der Waals surface area contributed by atoms with Crippen LogP contribution in [-0.2, 0) is 17.9 Å². The van der Waals surface area contributed by atoms with Gasteiger partial charge in [0.25, 0.3) is 5.91 Å². The number of hydrogen-bond donors (Lipinski definition) is 1. The molecular weight excluding hydrogens is 306 g/mol. The van der Waals surface area contributed by atoms with Crippen LogP contribution in [0.4, 0.5) is 0 Å². The molecule has 1 amide bonds. The first-order valence-electron chi connectivity index (χ1n) is 7.69. The highest BCUT2D eigenvalue weighted by molar-refractivity contribution is 7.20. The van der Waals surface area contributed by atoms with Crippen LogP contribution in [0, 0.1) is 0 Å². The maximum atomic E-state index is 12.4. The Morgan fingerprint density at radius 2 is 1.83 bits per heavy atom. The number of hydrogen-bond acceptors (Lipinski definition) is 3. The normalized spacial score (nSPS) is 10.8. The first kappa shape index (κ1) is 15.7. The van der Waals surface area contributed by atoms with Crippen LogP contribution < -0.4 is 5.32 Å². The standard InChI is InChI=1S/C19H19NO2S/c1-2-22-13-16-9-4-3-8-15(16)12-20-19(21)18-11-14-7-5-6-10-17(14)23-18/h3-11H,2,12-13H2,1H3,(H,20,21). The second kappa shape index (κ2) is 7.40. The van der Waals surface area contributed by atoms with E-state index in [0.717, 1.165) is 26.1 Å². The average molecular weight is 325 g/mol. The van der Waals surface area contributed by atoms with E-state index in [1.165, 1.54) is 11.3 Å². The molecule has 3 aromatic rings. The molecule has 0 aliphatic heterocycles. The SMILES string of the molecule is CCOCc1ccccc1CNC(=O)c1cc2ccccc2s1. The van der Waals surface area contributed by atoms with Gasteiger partial charge < -0.3 is 10.1 Å². The van der Waals surface area contributed by atoms with Gasteiger partial charge in [-0.1, -0.05) is 42.5 Å². The van der Waals surface area contributed by atoms with Crippen LogP contribution >= 0.6 is 11.3 Å². The largest absolute Gasteiger partial charge is 0.377 e. The van der Waals surface area contributed by atoms with E-state index in [4.69, 9.17) is 4.74 Å². The maximum Gasteiger partial charge on any atom is 0.261 e. The summed E-state index contributed by atoms with van der Waals surface area (Å²) in [6.07, 6.45) is 0. The lowest BCUT2D eigenvalue weighted by atomic mass is 10.1. The molecular formula is C19H19NO2S. The van der Waals surface area contributed by atoms with Crippen molar-refractivity contribution in [3.05, 3.63) is 70.6 Å². The number of benzene rings is 2. The van der Waals surface area contributed by atoms with Gasteiger partial charge in [-0.15, -0.1) is 11.3 Å². The summed E-state index contributed by atoms with van der Waals surface area (Å²) in [4.78, 5) is 13.1. The van der Waals surface area contributed by atoms with Crippen molar-refractivity contribution >= 4 is 27.3 Å². The van der Waals surface area contributed by atoms with Crippen LogP contribution in [0.5, 0.6) is 0 Å². The third kappa shape index (κ3) is 3.78. The van der Waals surface area contributed by atoms with Crippen LogP contribution in [0.15, 0.2) is 54.6 Å². The lowest BCUT2D eigenvalue weighted by molar-refractivity contribution is 0.0954. The molecule has 0 saturated heterocycles. The first-order chi connectivity index (χ1) is 11.3. The molecule has 0 spiro atoms. The molecule has 1 aromatic heterocycles. The van der Waals surface area contributed by atoms with E-state index >= 15 is 0 Å². The highest BCUT2D eigenvalue weighted by atomic mass is 32.1. The Bertz CT molecular complexity index is 777. The minimum Gasteiger partial charge on any atom is -0.377 e. The fourth-order valence-corrected chi connectivity index (χ4v) is 3.42. The van der Waals surface area contributed by atoms with E-state index in [9.17, 15) is 4.79 Å². The fourth-order valence-electron chi connectivity index (χ4n) is 2.44. The Hall–Kier alpha value is -2.17. The van der Waals surface area contributed by atoms with Gasteiger partial charge in [0, 0.05) is 17.9 Å². The summed E-state index contributed by atoms with van der Waals surface area (Å²) in [6.45, 7) is 3.75. The third-order valence-corrected chi connectivity index (χ3v) is 4.78. The number of thiophene rings is 1. The summed E-state index contributed by atoms with van der Waals surface area (Å²) in [6, 6.07) is 18.0. The zero-order chi connectivity index (χ0) is 16.1. The van der Waals surface area contributed by atoms with Gasteiger partial charge in [0.15, 0.2) is 0 Å². The van der Waals surface area contributed by atoms with Crippen LogP contribution in [0.25, 0.3) is 10.1 Å². The molecule has 3 nitrogen and oxygen atoms in total. The fraction of sp³-hybridized carbons (Fsp3) is 0.211. The minimum atomic E-state index is -0.0302. The predicted molar refractivity (Wildman–Crippen MR) is 94.8 cm³/mol. The predicted octanol–water partition coefficient (Wildman–Crippen LogP) is 4.37. The number of amides is 1. The molecule has 1 N–H and O–H groups in total. The lowest BCUT2D eigenvalue weighted by Crippen LogP contribution is -2.22. The molecule has 0 bridgehead atoms. The van der Waals surface area contributed by atoms with Crippen molar-refractivity contribution in [2.75, 3.05) is 6.61 Å². The van der Waals surface area contributed by atoms with E-state index in [1.54, 1.807) is 0 Å². The second-order valence-corrected chi connectivity index (χ2v) is 6.32. The Kier molecular flexibility index (Phi) is 5.05. The van der Waals surface area contributed by atoms with E-state index in [-0.39, 0.29) is 5.91 Å². The highest BCUT2D eigenvalue weighted by Crippen LogP contribution is 2.25. The van der Waals surface area contributed by atoms with Crippen molar-refractivity contribution in [3.63, 3.8) is 0 Å². The van der Waals surface area contributed by atoms with E-state index in [0.29, 0.717) is 19.8 Å². The molecule has 0 aliphatic carbocycles. The molecule has 0 saturated carbocycles. The summed E-state index contributed by atoms with van der Waals surface area (Å²) in [5.41, 5.74) is 2.21. The zero-order valence-corrected chi connectivity index (χ0v) is 13.9. The van der Waals surface area contributed by atoms with Gasteiger partial charge >= 0.3 is 0 Å². The molecule has 4 heteroatoms. The highest BCUT2D eigenvalue weighted by Gasteiger charge is 2.10. The van der Waals surface area contributed by atoms with Crippen molar-refractivity contribution < 1.29 is 9.53 Å². The van der Waals surface area contributed by atoms with Crippen molar-refractivity contribution in [2.45, 2.75) is 20.1 Å². The van der Waals surface area contributed by atoms with Crippen molar-refractivity contribution in [2.24, 2.45) is 0 Å². The summed E-state index contributed by atoms with van der Waals surface area (Å²) in [7, 11) is 0. The van der Waals surface area contributed by atoms with Gasteiger partial charge in [0.2, 0.25) is 0 Å².